The van der Waals surface area contributed by atoms with E-state index in [1.54, 1.807) is 11.8 Å². The van der Waals surface area contributed by atoms with Gasteiger partial charge in [-0.2, -0.15) is 11.8 Å². The molecule has 6 N–H and O–H groups in total. The average molecular weight is 495 g/mol. The van der Waals surface area contributed by atoms with Crippen LogP contribution in [0.3, 0.4) is 0 Å². The molecule has 176 valence electrons. The van der Waals surface area contributed by atoms with E-state index in [1.165, 1.54) is 0 Å². The SMILES string of the molecule is CCCC(C)(C)C(OP(N)(=O)O)SCCCSCCCC(C)(C)COP(N)(=O)O. The molecule has 0 rings (SSSR count). The molecule has 0 aliphatic carbocycles. The van der Waals surface area contributed by atoms with Crippen LogP contribution in [-0.2, 0) is 18.2 Å². The third kappa shape index (κ3) is 17.2. The fourth-order valence-electron chi connectivity index (χ4n) is 2.74. The van der Waals surface area contributed by atoms with Crippen LogP contribution >= 0.6 is 39.0 Å². The van der Waals surface area contributed by atoms with Gasteiger partial charge in [0.05, 0.1) is 6.61 Å². The van der Waals surface area contributed by atoms with Gasteiger partial charge in [0.1, 0.15) is 5.44 Å². The van der Waals surface area contributed by atoms with Gasteiger partial charge in [-0.1, -0.05) is 41.0 Å². The van der Waals surface area contributed by atoms with Gasteiger partial charge in [-0.15, -0.1) is 11.8 Å². The second-order valence-electron chi connectivity index (χ2n) is 8.68. The van der Waals surface area contributed by atoms with E-state index < -0.39 is 20.9 Å². The molecule has 0 aliphatic heterocycles. The van der Waals surface area contributed by atoms with Gasteiger partial charge < -0.3 is 9.79 Å². The first-order valence-electron chi connectivity index (χ1n) is 9.83. The first-order chi connectivity index (χ1) is 13.1. The first kappa shape index (κ1) is 29.9. The third-order valence-corrected chi connectivity index (χ3v) is 8.13. The van der Waals surface area contributed by atoms with Crippen LogP contribution in [0, 0.1) is 10.8 Å². The predicted octanol–water partition coefficient (Wildman–Crippen LogP) is 4.95. The standard InChI is InChI=1S/C17H40N2O6P2S2/c1-6-9-17(4,5)15(25-27(19,22)23)29-13-8-12-28-11-7-10-16(2,3)14-24-26(18,20)21/h15H,6-14H2,1-5H3,(H3,18,20,21)(H3,19,22,23). The highest BCUT2D eigenvalue weighted by molar-refractivity contribution is 8.00. The Labute approximate surface area is 184 Å². The van der Waals surface area contributed by atoms with Crippen molar-refractivity contribution in [2.75, 3.05) is 23.9 Å². The van der Waals surface area contributed by atoms with E-state index in [0.29, 0.717) is 0 Å². The summed E-state index contributed by atoms with van der Waals surface area (Å²) in [6.07, 6.45) is 4.66. The van der Waals surface area contributed by atoms with Gasteiger partial charge in [0.2, 0.25) is 0 Å². The molecule has 12 heteroatoms. The van der Waals surface area contributed by atoms with Gasteiger partial charge in [0, 0.05) is 5.41 Å². The molecule has 0 radical (unpaired) electrons. The van der Waals surface area contributed by atoms with E-state index in [-0.39, 0.29) is 17.4 Å². The van der Waals surface area contributed by atoms with Gasteiger partial charge in [0.25, 0.3) is 0 Å². The Kier molecular flexibility index (Phi) is 13.9. The molecule has 0 aromatic carbocycles. The van der Waals surface area contributed by atoms with E-state index in [1.807, 2.05) is 39.5 Å². The number of thioether (sulfide) groups is 2. The van der Waals surface area contributed by atoms with Crippen molar-refractivity contribution in [3.05, 3.63) is 0 Å². The van der Waals surface area contributed by atoms with Crippen molar-refractivity contribution in [1.29, 1.82) is 0 Å². The summed E-state index contributed by atoms with van der Waals surface area (Å²) in [6, 6.07) is 0. The summed E-state index contributed by atoms with van der Waals surface area (Å²) in [5, 5.41) is 0. The van der Waals surface area contributed by atoms with Crippen LogP contribution in [-0.4, -0.2) is 39.1 Å². The normalized spacial score (nSPS) is 18.2. The van der Waals surface area contributed by atoms with E-state index in [2.05, 4.69) is 6.92 Å². The van der Waals surface area contributed by atoms with Crippen LogP contribution in [0.25, 0.3) is 0 Å². The Hall–Kier alpha value is 0.920. The van der Waals surface area contributed by atoms with Crippen molar-refractivity contribution >= 4 is 39.0 Å². The Morgan fingerprint density at radius 3 is 2.07 bits per heavy atom. The molecule has 0 bridgehead atoms. The molecule has 0 saturated heterocycles. The van der Waals surface area contributed by atoms with E-state index in [4.69, 9.17) is 24.9 Å². The molecule has 0 heterocycles. The zero-order valence-corrected chi connectivity index (χ0v) is 21.8. The Morgan fingerprint density at radius 2 is 1.55 bits per heavy atom. The molecule has 3 unspecified atom stereocenters. The van der Waals surface area contributed by atoms with Crippen molar-refractivity contribution in [2.45, 2.75) is 72.2 Å². The van der Waals surface area contributed by atoms with E-state index in [0.717, 1.165) is 49.4 Å². The highest BCUT2D eigenvalue weighted by Crippen LogP contribution is 2.45. The summed E-state index contributed by atoms with van der Waals surface area (Å²) in [5.41, 5.74) is 9.36. The van der Waals surface area contributed by atoms with Gasteiger partial charge in [-0.05, 0) is 48.4 Å². The lowest BCUT2D eigenvalue weighted by atomic mass is 9.89. The van der Waals surface area contributed by atoms with Crippen LogP contribution in [0.2, 0.25) is 0 Å². The molecule has 0 saturated carbocycles. The number of rotatable bonds is 17. The molecule has 0 aromatic rings. The van der Waals surface area contributed by atoms with Crippen molar-refractivity contribution in [3.63, 3.8) is 0 Å². The van der Waals surface area contributed by atoms with Crippen molar-refractivity contribution < 1.29 is 28.0 Å². The molecule has 0 amide bonds. The topological polar surface area (TPSA) is 145 Å². The van der Waals surface area contributed by atoms with Gasteiger partial charge in [0.15, 0.2) is 0 Å². The molecular weight excluding hydrogens is 454 g/mol. The lowest BCUT2D eigenvalue weighted by Gasteiger charge is -2.33. The second kappa shape index (κ2) is 13.5. The maximum atomic E-state index is 11.5. The molecule has 0 fully saturated rings. The maximum absolute atomic E-state index is 11.5. The van der Waals surface area contributed by atoms with Gasteiger partial charge in [-0.25, -0.2) is 20.1 Å². The Balaban J connectivity index is 4.11. The predicted molar refractivity (Wildman–Crippen MR) is 125 cm³/mol. The summed E-state index contributed by atoms with van der Waals surface area (Å²) in [6.45, 7) is 10.3. The number of hydrogen-bond acceptors (Lipinski definition) is 6. The highest BCUT2D eigenvalue weighted by Gasteiger charge is 2.34. The molecule has 29 heavy (non-hydrogen) atoms. The van der Waals surface area contributed by atoms with Crippen LogP contribution < -0.4 is 11.0 Å². The van der Waals surface area contributed by atoms with Crippen LogP contribution in [0.15, 0.2) is 0 Å². The van der Waals surface area contributed by atoms with Crippen LogP contribution in [0.5, 0.6) is 0 Å². The molecule has 3 atom stereocenters. The van der Waals surface area contributed by atoms with Crippen molar-refractivity contribution in [2.24, 2.45) is 21.8 Å². The largest absolute Gasteiger partial charge is 0.401 e. The zero-order chi connectivity index (χ0) is 22.8. The second-order valence-corrected chi connectivity index (χ2v) is 13.8. The molecule has 8 nitrogen and oxygen atoms in total. The van der Waals surface area contributed by atoms with Crippen molar-refractivity contribution in [3.8, 4) is 0 Å². The zero-order valence-electron chi connectivity index (χ0n) is 18.3. The third-order valence-electron chi connectivity index (χ3n) is 4.26. The summed E-state index contributed by atoms with van der Waals surface area (Å²) >= 11 is 3.39. The van der Waals surface area contributed by atoms with Gasteiger partial charge >= 0.3 is 15.5 Å². The summed E-state index contributed by atoms with van der Waals surface area (Å²) in [7, 11) is -7.94. The summed E-state index contributed by atoms with van der Waals surface area (Å²) in [4.78, 5) is 18.4. The smallest absolute Gasteiger partial charge is 0.313 e. The molecule has 0 aliphatic rings. The van der Waals surface area contributed by atoms with E-state index in [9.17, 15) is 14.0 Å². The highest BCUT2D eigenvalue weighted by atomic mass is 32.2. The number of nitrogens with two attached hydrogens (primary N) is 2. The lowest BCUT2D eigenvalue weighted by Crippen LogP contribution is -2.29. The molecular formula is C17H40N2O6P2S2. The minimum absolute atomic E-state index is 0.156. The minimum Gasteiger partial charge on any atom is -0.313 e. The summed E-state index contributed by atoms with van der Waals surface area (Å²) in [5.74, 6) is 2.80. The number of hydrogen-bond donors (Lipinski definition) is 4. The summed E-state index contributed by atoms with van der Waals surface area (Å²) < 4.78 is 32.6. The molecule has 0 spiro atoms. The monoisotopic (exact) mass is 494 g/mol. The fraction of sp³-hybridized carbons (Fsp3) is 1.00. The van der Waals surface area contributed by atoms with Crippen LogP contribution in [0.4, 0.5) is 0 Å². The van der Waals surface area contributed by atoms with E-state index >= 15 is 0 Å². The van der Waals surface area contributed by atoms with Gasteiger partial charge in [-0.3, -0.25) is 9.05 Å². The first-order valence-corrected chi connectivity index (χ1v) is 15.3. The Morgan fingerprint density at radius 1 is 0.966 bits per heavy atom. The van der Waals surface area contributed by atoms with Crippen molar-refractivity contribution in [1.82, 2.24) is 0 Å². The lowest BCUT2D eigenvalue weighted by molar-refractivity contribution is 0.123. The Bertz CT molecular complexity index is 554. The fourth-order valence-corrected chi connectivity index (χ4v) is 6.63. The quantitative estimate of drug-likeness (QED) is 0.124. The van der Waals surface area contributed by atoms with Crippen LogP contribution in [0.1, 0.15) is 66.7 Å². The molecule has 0 aromatic heterocycles. The minimum atomic E-state index is -4.02. The average Bonchev–Trinajstić information content (AvgIpc) is 2.52. The maximum Gasteiger partial charge on any atom is 0.401 e.